The van der Waals surface area contributed by atoms with E-state index in [2.05, 4.69) is 61.5 Å². The third-order valence-electron chi connectivity index (χ3n) is 22.0. The SMILES string of the molecule is Cc1c(-c2cnc(N)c(-c3ccc(C(=O)N[C@H](CO)c4cc(F)cc(CF)c4)c(F)c3)c2)cnn1C.Cn1cc(-c2cnc(N)c(-c3ccc(C(=O)N[C@H](CO)c4ccc(F)c(Cl)c4)c(F)c3)c2)cn1.Cn1cncc1-c1cnc(N)c(-c2ccc(C(=O)N[C@H](CO)c3cccc(F)c3)c(F)c2)c1.Cn1nccc1-c1cnc(N)c(-c2ccc(C(=O)N[C@H](CN)c3cccc(Cl)c3)c(F)c2)c1. The lowest BCUT2D eigenvalue weighted by atomic mass is 9.99. The van der Waals surface area contributed by atoms with Crippen LogP contribution in [0.25, 0.3) is 89.3 Å². The molecule has 8 aromatic carbocycles. The van der Waals surface area contributed by atoms with Crippen LogP contribution in [0.3, 0.4) is 0 Å². The van der Waals surface area contributed by atoms with Crippen LogP contribution in [0.2, 0.25) is 10.0 Å². The van der Waals surface area contributed by atoms with Gasteiger partial charge in [0.1, 0.15) is 70.7 Å². The maximum Gasteiger partial charge on any atom is 0.254 e. The van der Waals surface area contributed by atoms with Crippen molar-refractivity contribution in [1.82, 2.24) is 80.1 Å². The number of aromatic nitrogens is 12. The van der Waals surface area contributed by atoms with Gasteiger partial charge >= 0.3 is 0 Å². The van der Waals surface area contributed by atoms with Crippen molar-refractivity contribution in [3.8, 4) is 89.3 Å². The Hall–Kier alpha value is -15.9. The number of nitrogens with zero attached hydrogens (tertiary/aromatic N) is 12. The fourth-order valence-corrected chi connectivity index (χ4v) is 15.0. The first-order valence-electron chi connectivity index (χ1n) is 41.4. The van der Waals surface area contributed by atoms with Crippen LogP contribution in [0.4, 0.5) is 58.4 Å². The van der Waals surface area contributed by atoms with E-state index in [0.29, 0.717) is 60.7 Å². The second-order valence-electron chi connectivity index (χ2n) is 31.0. The molecule has 8 aromatic heterocycles. The molecule has 8 heterocycles. The van der Waals surface area contributed by atoms with Gasteiger partial charge in [-0.1, -0.05) is 83.9 Å². The normalized spacial score (nSPS) is 11.9. The van der Waals surface area contributed by atoms with Gasteiger partial charge in [-0.05, 0) is 184 Å². The quantitative estimate of drug-likeness (QED) is 0.0236. The van der Waals surface area contributed by atoms with Crippen molar-refractivity contribution < 1.29 is 69.6 Å². The Kier molecular flexibility index (Phi) is 31.4. The zero-order valence-electron chi connectivity index (χ0n) is 73.0. The predicted molar refractivity (Wildman–Crippen MR) is 501 cm³/mol. The van der Waals surface area contributed by atoms with E-state index in [1.54, 1.807) is 144 Å². The van der Waals surface area contributed by atoms with E-state index >= 15 is 4.39 Å². The molecule has 16 aromatic rings. The highest BCUT2D eigenvalue weighted by Gasteiger charge is 2.27. The van der Waals surface area contributed by atoms with Crippen LogP contribution >= 0.6 is 23.2 Å². The number of carbonyl (C=O) groups is 4. The van der Waals surface area contributed by atoms with E-state index in [1.807, 2.05) is 51.0 Å². The summed E-state index contributed by atoms with van der Waals surface area (Å²) in [7, 11) is 7.27. The fourth-order valence-electron chi connectivity index (χ4n) is 14.6. The first-order chi connectivity index (χ1) is 65.2. The van der Waals surface area contributed by atoms with Crippen LogP contribution < -0.4 is 49.9 Å². The third kappa shape index (κ3) is 23.1. The highest BCUT2D eigenvalue weighted by atomic mass is 35.5. The van der Waals surface area contributed by atoms with Gasteiger partial charge in [0.25, 0.3) is 23.6 Å². The summed E-state index contributed by atoms with van der Waals surface area (Å²) >= 11 is 11.8. The number of hydrogen-bond acceptors (Lipinski definition) is 20. The highest BCUT2D eigenvalue weighted by molar-refractivity contribution is 6.31. The summed E-state index contributed by atoms with van der Waals surface area (Å²) in [6.45, 7) is -0.424. The van der Waals surface area contributed by atoms with Crippen LogP contribution in [0, 0.1) is 47.6 Å². The smallest absolute Gasteiger partial charge is 0.254 e. The topological polar surface area (TPSA) is 430 Å². The molecular weight excluding hydrogens is 1810 g/mol. The van der Waals surface area contributed by atoms with Crippen LogP contribution in [0.1, 0.15) is 99.1 Å². The lowest BCUT2D eigenvalue weighted by Crippen LogP contribution is -2.33. The van der Waals surface area contributed by atoms with Gasteiger partial charge in [-0.2, -0.15) is 15.3 Å². The standard InChI is InChI=1S/C26H24F3N5O2.C24H20ClF2N5O2.C24H22ClFN6O.C24H21F2N5O2/c1-14-22(12-32-34(14)2)18-8-21(25(30)31-11-18)16-3-4-20(23(29)9-16)26(36)33-24(13-35)17-5-15(10-27)6-19(28)7-17;1-32-11-16(10-30-32)15-6-18(23(28)29-9-15)13-2-4-17(21(27)8-13)24(34)31-22(12-33)14-3-5-20(26)19(25)7-14;1-32-22(7-8-30-32)16-10-19(23(28)29-13-16)14-5-6-18(20(26)11-14)24(33)31-21(12-27)15-3-2-4-17(25)9-15;1-31-13-28-11-22(31)16-8-19(23(27)29-10-16)14-5-6-18(20(26)9-14)24(33)30-21(12-32)15-3-2-4-17(25)7-15/h3-9,11-12,24,35H,10,13H2,1-2H3,(H2,30,31)(H,33,36);2-11,22,33H,12H2,1H3,(H2,28,29)(H,31,34);2-11,13,21H,12,27H2,1H3,(H2,28,29)(H,31,33);2-11,13,21,32H,12H2,1H3,(H2,27,29)(H,30,33)/t24-;22-;2*21-/m1111/s1. The Morgan fingerprint density at radius 1 is 0.397 bits per heavy atom. The molecule has 38 heteroatoms. The summed E-state index contributed by atoms with van der Waals surface area (Å²) in [5.74, 6) is -6.94. The molecule has 0 fully saturated rings. The lowest BCUT2D eigenvalue weighted by molar-refractivity contribution is 0.0904. The minimum atomic E-state index is -1.06. The van der Waals surface area contributed by atoms with Gasteiger partial charge in [-0.3, -0.25) is 33.2 Å². The molecule has 0 spiro atoms. The van der Waals surface area contributed by atoms with E-state index in [-0.39, 0.29) is 68.2 Å². The van der Waals surface area contributed by atoms with Gasteiger partial charge < -0.3 is 69.8 Å². The van der Waals surface area contributed by atoms with E-state index in [4.69, 9.17) is 51.9 Å². The van der Waals surface area contributed by atoms with Crippen LogP contribution in [0.5, 0.6) is 0 Å². The number of nitrogen functional groups attached to an aromatic ring is 4. The number of anilines is 4. The second kappa shape index (κ2) is 43.7. The largest absolute Gasteiger partial charge is 0.394 e. The van der Waals surface area contributed by atoms with Crippen molar-refractivity contribution in [2.75, 3.05) is 49.3 Å². The zero-order chi connectivity index (χ0) is 97.5. The maximum absolute atomic E-state index is 15.0. The van der Waals surface area contributed by atoms with Crippen LogP contribution in [-0.2, 0) is 34.9 Å². The molecule has 28 nitrogen and oxygen atoms in total. The van der Waals surface area contributed by atoms with E-state index in [0.717, 1.165) is 74.2 Å². The van der Waals surface area contributed by atoms with E-state index in [1.165, 1.54) is 91.0 Å². The van der Waals surface area contributed by atoms with Gasteiger partial charge in [-0.15, -0.1) is 0 Å². The van der Waals surface area contributed by atoms with Crippen molar-refractivity contribution in [1.29, 1.82) is 0 Å². The number of rotatable bonds is 25. The molecule has 0 radical (unpaired) electrons. The third-order valence-corrected chi connectivity index (χ3v) is 22.5. The van der Waals surface area contributed by atoms with Gasteiger partial charge in [0.15, 0.2) is 0 Å². The molecular formula is C98H87Cl2F8N21O7. The predicted octanol–water partition coefficient (Wildman–Crippen LogP) is 15.8. The number of alkyl halides is 1. The summed E-state index contributed by atoms with van der Waals surface area (Å²) < 4.78 is 121. The number of benzene rings is 8. The fraction of sp³-hybridized carbons (Fsp3) is 0.143. The first-order valence-corrected chi connectivity index (χ1v) is 42.2. The van der Waals surface area contributed by atoms with Crippen molar-refractivity contribution in [3.63, 3.8) is 0 Å². The van der Waals surface area contributed by atoms with Crippen molar-refractivity contribution in [2.24, 2.45) is 33.9 Å². The molecule has 17 N–H and O–H groups in total. The van der Waals surface area contributed by atoms with Crippen molar-refractivity contribution in [3.05, 3.63) is 357 Å². The summed E-state index contributed by atoms with van der Waals surface area (Å²) in [6, 6.07) is 41.8. The van der Waals surface area contributed by atoms with Gasteiger partial charge in [0.2, 0.25) is 0 Å². The van der Waals surface area contributed by atoms with Gasteiger partial charge in [0.05, 0.1) is 108 Å². The Bertz CT molecular complexity index is 6920. The Balaban J connectivity index is 0.000000153. The summed E-state index contributed by atoms with van der Waals surface area (Å²) in [6.07, 6.45) is 16.7. The summed E-state index contributed by atoms with van der Waals surface area (Å²) in [5, 5.41) is 52.2. The van der Waals surface area contributed by atoms with Crippen LogP contribution in [-0.4, -0.2) is 124 Å². The average Bonchev–Trinajstić information content (AvgIpc) is 1.46. The Morgan fingerprint density at radius 2 is 0.838 bits per heavy atom. The van der Waals surface area contributed by atoms with E-state index < -0.39 is 115 Å². The summed E-state index contributed by atoms with van der Waals surface area (Å²) in [4.78, 5) is 71.8. The molecule has 136 heavy (non-hydrogen) atoms. The number of pyridine rings is 4. The van der Waals surface area contributed by atoms with E-state index in [9.17, 15) is 65.2 Å². The molecule has 4 amide bonds. The number of amides is 4. The number of carbonyl (C=O) groups excluding carboxylic acids is 4. The average molecular weight is 1890 g/mol. The molecule has 0 aliphatic heterocycles. The molecule has 4 atom stereocenters. The van der Waals surface area contributed by atoms with Gasteiger partial charge in [-0.25, -0.2) is 60.0 Å². The number of hydrogen-bond donors (Lipinski definition) is 12. The second-order valence-corrected chi connectivity index (χ2v) is 31.8. The molecule has 0 aliphatic carbocycles. The Morgan fingerprint density at radius 3 is 1.25 bits per heavy atom. The zero-order valence-corrected chi connectivity index (χ0v) is 74.5. The Labute approximate surface area is 782 Å². The molecule has 0 bridgehead atoms. The molecule has 0 saturated heterocycles. The molecule has 0 unspecified atom stereocenters. The molecule has 696 valence electrons. The molecule has 16 rings (SSSR count). The molecule has 0 saturated carbocycles. The van der Waals surface area contributed by atoms with Gasteiger partial charge in [0, 0.05) is 138 Å². The maximum atomic E-state index is 15.0. The monoisotopic (exact) mass is 1890 g/mol. The number of nitrogens with one attached hydrogen (secondary N) is 4. The lowest BCUT2D eigenvalue weighted by Gasteiger charge is -2.18. The minimum Gasteiger partial charge on any atom is -0.394 e. The molecule has 0 aliphatic rings. The van der Waals surface area contributed by atoms with Crippen molar-refractivity contribution in [2.45, 2.75) is 37.8 Å². The number of halogens is 10. The van der Waals surface area contributed by atoms with Crippen LogP contribution in [0.15, 0.2) is 250 Å². The van der Waals surface area contributed by atoms with Crippen molar-refractivity contribution >= 4 is 70.1 Å². The first kappa shape index (κ1) is 97.7. The minimum absolute atomic E-state index is 0.0585. The highest BCUT2D eigenvalue weighted by Crippen LogP contribution is 2.38. The number of nitrogens with two attached hydrogens (primary N) is 5. The number of aliphatic hydroxyl groups is 3. The number of aliphatic hydroxyl groups excluding tert-OH is 3. The number of imidazole rings is 1. The number of aryl methyl sites for hydroxylation is 4. The summed E-state index contributed by atoms with van der Waals surface area (Å²) in [5.41, 5.74) is 42.0.